The van der Waals surface area contributed by atoms with Crippen molar-refractivity contribution in [2.75, 3.05) is 7.11 Å². The molecule has 3 rings (SSSR count). The fourth-order valence-corrected chi connectivity index (χ4v) is 2.88. The van der Waals surface area contributed by atoms with Crippen LogP contribution in [0.15, 0.2) is 53.1 Å². The van der Waals surface area contributed by atoms with E-state index < -0.39 is 5.97 Å². The largest absolute Gasteiger partial charge is 0.493 e. The molecule has 0 aliphatic carbocycles. The Morgan fingerprint density at radius 3 is 2.68 bits per heavy atom. The molecule has 0 atom stereocenters. The Kier molecular flexibility index (Phi) is 7.07. The lowest BCUT2D eigenvalue weighted by molar-refractivity contribution is -0.138. The second kappa shape index (κ2) is 10.1. The first-order valence-corrected chi connectivity index (χ1v) is 9.57. The van der Waals surface area contributed by atoms with Crippen LogP contribution in [0.1, 0.15) is 33.7 Å². The number of ether oxygens (including phenoxy) is 3. The van der Waals surface area contributed by atoms with Crippen LogP contribution in [-0.4, -0.2) is 18.2 Å². The SMILES string of the molecule is COc1cc(/C=C/C(=O)OCc2ccccc2C#N)ccc1OCc1c(C)noc1C. The van der Waals surface area contributed by atoms with Crippen LogP contribution in [-0.2, 0) is 22.7 Å². The number of nitriles is 1. The molecule has 0 saturated carbocycles. The fourth-order valence-electron chi connectivity index (χ4n) is 2.88. The van der Waals surface area contributed by atoms with Crippen LogP contribution in [0, 0.1) is 25.2 Å². The van der Waals surface area contributed by atoms with Gasteiger partial charge in [0.15, 0.2) is 11.5 Å². The van der Waals surface area contributed by atoms with Crippen molar-refractivity contribution in [1.82, 2.24) is 5.16 Å². The standard InChI is InChI=1S/C24H22N2O5/c1-16-21(17(2)31-26-16)15-29-22-10-8-18(12-23(22)28-3)9-11-24(27)30-14-20-7-5-4-6-19(20)13-25/h4-12H,14-15H2,1-3H3/b11-9+. The highest BCUT2D eigenvalue weighted by atomic mass is 16.5. The Bertz CT molecular complexity index is 1120. The van der Waals surface area contributed by atoms with Gasteiger partial charge in [-0.25, -0.2) is 4.79 Å². The summed E-state index contributed by atoms with van der Waals surface area (Å²) >= 11 is 0. The van der Waals surface area contributed by atoms with Gasteiger partial charge in [0.25, 0.3) is 0 Å². The molecule has 2 aromatic carbocycles. The monoisotopic (exact) mass is 418 g/mol. The predicted octanol–water partition coefficient (Wildman–Crippen LogP) is 4.51. The number of aromatic nitrogens is 1. The molecular weight excluding hydrogens is 396 g/mol. The molecule has 0 N–H and O–H groups in total. The van der Waals surface area contributed by atoms with Crippen LogP contribution in [0.3, 0.4) is 0 Å². The molecule has 0 spiro atoms. The average Bonchev–Trinajstić information content (AvgIpc) is 3.12. The molecule has 1 heterocycles. The molecule has 0 fully saturated rings. The van der Waals surface area contributed by atoms with Crippen molar-refractivity contribution in [2.45, 2.75) is 27.1 Å². The number of esters is 1. The highest BCUT2D eigenvalue weighted by Gasteiger charge is 2.12. The normalized spacial score (nSPS) is 10.6. The molecule has 3 aromatic rings. The van der Waals surface area contributed by atoms with Gasteiger partial charge in [-0.15, -0.1) is 0 Å². The minimum atomic E-state index is -0.509. The molecule has 0 bridgehead atoms. The summed E-state index contributed by atoms with van der Waals surface area (Å²) in [5, 5.41) is 13.0. The van der Waals surface area contributed by atoms with Crippen LogP contribution in [0.2, 0.25) is 0 Å². The maximum atomic E-state index is 12.0. The third-order valence-corrected chi connectivity index (χ3v) is 4.66. The van der Waals surface area contributed by atoms with Crippen LogP contribution >= 0.6 is 0 Å². The summed E-state index contributed by atoms with van der Waals surface area (Å²) in [5.41, 5.74) is 3.57. The second-order valence-corrected chi connectivity index (χ2v) is 6.71. The molecule has 7 nitrogen and oxygen atoms in total. The molecule has 0 unspecified atom stereocenters. The Morgan fingerprint density at radius 2 is 1.97 bits per heavy atom. The molecule has 0 amide bonds. The number of benzene rings is 2. The zero-order valence-electron chi connectivity index (χ0n) is 17.5. The van der Waals surface area contributed by atoms with Gasteiger partial charge < -0.3 is 18.7 Å². The molecule has 0 aliphatic rings. The van der Waals surface area contributed by atoms with E-state index in [2.05, 4.69) is 11.2 Å². The fraction of sp³-hybridized carbons (Fsp3) is 0.208. The summed E-state index contributed by atoms with van der Waals surface area (Å²) in [7, 11) is 1.55. The van der Waals surface area contributed by atoms with Crippen LogP contribution in [0.4, 0.5) is 0 Å². The van der Waals surface area contributed by atoms with E-state index in [-0.39, 0.29) is 6.61 Å². The van der Waals surface area contributed by atoms with Crippen molar-refractivity contribution in [2.24, 2.45) is 0 Å². The highest BCUT2D eigenvalue weighted by molar-refractivity contribution is 5.87. The summed E-state index contributed by atoms with van der Waals surface area (Å²) in [4.78, 5) is 12.0. The number of rotatable bonds is 8. The first-order valence-electron chi connectivity index (χ1n) is 9.57. The summed E-state index contributed by atoms with van der Waals surface area (Å²) in [5.74, 6) is 1.30. The molecule has 7 heteroatoms. The minimum absolute atomic E-state index is 0.0324. The molecular formula is C24H22N2O5. The Balaban J connectivity index is 1.61. The molecule has 158 valence electrons. The van der Waals surface area contributed by atoms with Gasteiger partial charge in [-0.3, -0.25) is 0 Å². The Morgan fingerprint density at radius 1 is 1.16 bits per heavy atom. The Labute approximate surface area is 180 Å². The van der Waals surface area contributed by atoms with Gasteiger partial charge in [0.2, 0.25) is 0 Å². The maximum absolute atomic E-state index is 12.0. The second-order valence-electron chi connectivity index (χ2n) is 6.71. The quantitative estimate of drug-likeness (QED) is 0.392. The van der Waals surface area contributed by atoms with Crippen molar-refractivity contribution in [3.05, 3.63) is 82.2 Å². The van der Waals surface area contributed by atoms with E-state index in [1.54, 1.807) is 55.7 Å². The van der Waals surface area contributed by atoms with E-state index in [9.17, 15) is 4.79 Å². The summed E-state index contributed by atoms with van der Waals surface area (Å²) in [6.07, 6.45) is 2.95. The lowest BCUT2D eigenvalue weighted by Crippen LogP contribution is -2.02. The van der Waals surface area contributed by atoms with Gasteiger partial charge in [-0.2, -0.15) is 5.26 Å². The number of carbonyl (C=O) groups is 1. The topological polar surface area (TPSA) is 94.6 Å². The zero-order chi connectivity index (χ0) is 22.2. The molecule has 0 aliphatic heterocycles. The molecule has 0 radical (unpaired) electrons. The van der Waals surface area contributed by atoms with E-state index in [1.807, 2.05) is 13.8 Å². The zero-order valence-corrected chi connectivity index (χ0v) is 17.5. The highest BCUT2D eigenvalue weighted by Crippen LogP contribution is 2.30. The van der Waals surface area contributed by atoms with E-state index >= 15 is 0 Å². The van der Waals surface area contributed by atoms with Gasteiger partial charge in [0, 0.05) is 11.6 Å². The maximum Gasteiger partial charge on any atom is 0.331 e. The first kappa shape index (κ1) is 21.7. The Hall–Kier alpha value is -4.05. The van der Waals surface area contributed by atoms with Gasteiger partial charge >= 0.3 is 5.97 Å². The third-order valence-electron chi connectivity index (χ3n) is 4.66. The number of nitrogens with zero attached hydrogens (tertiary/aromatic N) is 2. The molecule has 31 heavy (non-hydrogen) atoms. The van der Waals surface area contributed by atoms with E-state index in [0.29, 0.717) is 35.0 Å². The number of carbonyl (C=O) groups excluding carboxylic acids is 1. The van der Waals surface area contributed by atoms with Gasteiger partial charge in [-0.05, 0) is 43.7 Å². The summed E-state index contributed by atoms with van der Waals surface area (Å²) < 4.78 is 21.6. The van der Waals surface area contributed by atoms with Gasteiger partial charge in [0.1, 0.15) is 19.0 Å². The third kappa shape index (κ3) is 5.52. The van der Waals surface area contributed by atoms with Crippen LogP contribution in [0.5, 0.6) is 11.5 Å². The predicted molar refractivity (Wildman–Crippen MR) is 113 cm³/mol. The number of hydrogen-bond donors (Lipinski definition) is 0. The van der Waals surface area contributed by atoms with E-state index in [0.717, 1.165) is 16.8 Å². The van der Waals surface area contributed by atoms with E-state index in [1.165, 1.54) is 6.08 Å². The number of methoxy groups -OCH3 is 1. The first-order chi connectivity index (χ1) is 15.0. The van der Waals surface area contributed by atoms with Crippen molar-refractivity contribution in [1.29, 1.82) is 5.26 Å². The number of hydrogen-bond acceptors (Lipinski definition) is 7. The van der Waals surface area contributed by atoms with Crippen LogP contribution in [0.25, 0.3) is 6.08 Å². The van der Waals surface area contributed by atoms with Crippen molar-refractivity contribution in [3.8, 4) is 17.6 Å². The van der Waals surface area contributed by atoms with Crippen molar-refractivity contribution in [3.63, 3.8) is 0 Å². The minimum Gasteiger partial charge on any atom is -0.493 e. The van der Waals surface area contributed by atoms with Gasteiger partial charge in [-0.1, -0.05) is 29.4 Å². The van der Waals surface area contributed by atoms with Crippen molar-refractivity contribution >= 4 is 12.0 Å². The lowest BCUT2D eigenvalue weighted by Gasteiger charge is -2.11. The molecule has 1 aromatic heterocycles. The summed E-state index contributed by atoms with van der Waals surface area (Å²) in [6.45, 7) is 4.04. The molecule has 0 saturated heterocycles. The number of aryl methyl sites for hydroxylation is 2. The average molecular weight is 418 g/mol. The lowest BCUT2D eigenvalue weighted by atomic mass is 10.1. The van der Waals surface area contributed by atoms with Crippen molar-refractivity contribution < 1.29 is 23.5 Å². The van der Waals surface area contributed by atoms with Gasteiger partial charge in [0.05, 0.1) is 30.0 Å². The van der Waals surface area contributed by atoms with E-state index in [4.69, 9.17) is 24.0 Å². The smallest absolute Gasteiger partial charge is 0.331 e. The summed E-state index contributed by atoms with van der Waals surface area (Å²) in [6, 6.07) is 14.4. The van der Waals surface area contributed by atoms with Crippen LogP contribution < -0.4 is 9.47 Å².